The molecule has 23 heavy (non-hydrogen) atoms. The fraction of sp³-hybridized carbons (Fsp3) is 0.167. The summed E-state index contributed by atoms with van der Waals surface area (Å²) in [7, 11) is 0. The largest absolute Gasteiger partial charge is 0.509 e. The number of aliphatic imine (C=N–C) groups is 1. The van der Waals surface area contributed by atoms with Crippen molar-refractivity contribution in [3.63, 3.8) is 0 Å². The fourth-order valence-corrected chi connectivity index (χ4v) is 2.72. The lowest BCUT2D eigenvalue weighted by atomic mass is 9.82. The van der Waals surface area contributed by atoms with E-state index in [-0.39, 0.29) is 17.3 Å². The number of anilines is 1. The standard InChI is InChI=1S/C18H15N3O2/c1-11-9-15(17(22)16-14(11)3-2-8-20-16)18(23)21-13-6-4-12(10-19)5-7-13/h2-9,14,16,22H,1H3,(H,21,23). The highest BCUT2D eigenvalue weighted by Crippen LogP contribution is 2.33. The molecule has 5 heteroatoms. The van der Waals surface area contributed by atoms with Gasteiger partial charge in [0.25, 0.3) is 5.91 Å². The minimum atomic E-state index is -0.438. The Bertz CT molecular complexity index is 808. The van der Waals surface area contributed by atoms with E-state index >= 15 is 0 Å². The second-order valence-corrected chi connectivity index (χ2v) is 5.48. The molecule has 1 aliphatic heterocycles. The second-order valence-electron chi connectivity index (χ2n) is 5.48. The highest BCUT2D eigenvalue weighted by Gasteiger charge is 2.33. The number of benzene rings is 1. The molecule has 0 saturated heterocycles. The average Bonchev–Trinajstić information content (AvgIpc) is 2.58. The molecular formula is C18H15N3O2. The molecule has 5 nitrogen and oxygen atoms in total. The number of fused-ring (bicyclic) bond motifs is 1. The van der Waals surface area contributed by atoms with Gasteiger partial charge in [-0.05, 0) is 43.3 Å². The van der Waals surface area contributed by atoms with Crippen molar-refractivity contribution in [2.24, 2.45) is 10.9 Å². The molecular weight excluding hydrogens is 290 g/mol. The number of aliphatic hydroxyl groups is 1. The summed E-state index contributed by atoms with van der Waals surface area (Å²) in [6.45, 7) is 1.92. The van der Waals surface area contributed by atoms with E-state index in [9.17, 15) is 9.90 Å². The lowest BCUT2D eigenvalue weighted by molar-refractivity contribution is -0.112. The highest BCUT2D eigenvalue weighted by atomic mass is 16.3. The maximum atomic E-state index is 12.4. The molecule has 1 aromatic carbocycles. The number of hydrogen-bond acceptors (Lipinski definition) is 4. The van der Waals surface area contributed by atoms with Gasteiger partial charge in [-0.3, -0.25) is 9.79 Å². The minimum Gasteiger partial charge on any atom is -0.509 e. The van der Waals surface area contributed by atoms with Crippen LogP contribution in [0.3, 0.4) is 0 Å². The molecule has 0 aromatic heterocycles. The van der Waals surface area contributed by atoms with Crippen LogP contribution >= 0.6 is 0 Å². The number of amides is 1. The molecule has 114 valence electrons. The monoisotopic (exact) mass is 305 g/mol. The van der Waals surface area contributed by atoms with Gasteiger partial charge in [-0.15, -0.1) is 0 Å². The number of rotatable bonds is 2. The average molecular weight is 305 g/mol. The van der Waals surface area contributed by atoms with Gasteiger partial charge in [0, 0.05) is 17.8 Å². The molecule has 1 amide bonds. The van der Waals surface area contributed by atoms with E-state index in [1.54, 1.807) is 36.6 Å². The summed E-state index contributed by atoms with van der Waals surface area (Å²) < 4.78 is 0. The van der Waals surface area contributed by atoms with Crippen LogP contribution in [0.1, 0.15) is 12.5 Å². The van der Waals surface area contributed by atoms with Crippen LogP contribution in [-0.4, -0.2) is 23.3 Å². The van der Waals surface area contributed by atoms with Gasteiger partial charge < -0.3 is 10.4 Å². The Hall–Kier alpha value is -3.13. The molecule has 0 bridgehead atoms. The summed E-state index contributed by atoms with van der Waals surface area (Å²) in [4.78, 5) is 16.7. The molecule has 1 heterocycles. The molecule has 1 aliphatic carbocycles. The van der Waals surface area contributed by atoms with E-state index in [0.717, 1.165) is 5.57 Å². The van der Waals surface area contributed by atoms with Crippen LogP contribution < -0.4 is 5.32 Å². The minimum absolute atomic E-state index is 0.00791. The zero-order valence-electron chi connectivity index (χ0n) is 12.5. The topological polar surface area (TPSA) is 85.5 Å². The number of nitrogens with zero attached hydrogens (tertiary/aromatic N) is 2. The van der Waals surface area contributed by atoms with Gasteiger partial charge in [-0.25, -0.2) is 0 Å². The highest BCUT2D eigenvalue weighted by molar-refractivity contribution is 6.06. The van der Waals surface area contributed by atoms with Crippen LogP contribution in [-0.2, 0) is 4.79 Å². The third-order valence-corrected chi connectivity index (χ3v) is 3.96. The summed E-state index contributed by atoms with van der Waals surface area (Å²) >= 11 is 0. The Balaban J connectivity index is 1.85. The van der Waals surface area contributed by atoms with Crippen molar-refractivity contribution in [1.29, 1.82) is 5.26 Å². The van der Waals surface area contributed by atoms with Crippen molar-refractivity contribution in [3.05, 3.63) is 65.0 Å². The first kappa shape index (κ1) is 14.8. The van der Waals surface area contributed by atoms with E-state index in [4.69, 9.17) is 5.26 Å². The molecule has 0 spiro atoms. The summed E-state index contributed by atoms with van der Waals surface area (Å²) in [6.07, 6.45) is 7.13. The van der Waals surface area contributed by atoms with Crippen LogP contribution in [0.25, 0.3) is 0 Å². The van der Waals surface area contributed by atoms with Gasteiger partial charge in [-0.1, -0.05) is 11.6 Å². The van der Waals surface area contributed by atoms with Crippen LogP contribution in [0.5, 0.6) is 0 Å². The molecule has 2 unspecified atom stereocenters. The molecule has 1 aromatic rings. The number of dihydropyridines is 1. The van der Waals surface area contributed by atoms with Crippen molar-refractivity contribution in [2.75, 3.05) is 5.32 Å². The van der Waals surface area contributed by atoms with Gasteiger partial charge in [0.2, 0.25) is 0 Å². The lowest BCUT2D eigenvalue weighted by Gasteiger charge is -2.28. The summed E-state index contributed by atoms with van der Waals surface area (Å²) in [5.41, 5.74) is 2.28. The van der Waals surface area contributed by atoms with Gasteiger partial charge in [0.05, 0.1) is 17.2 Å². The molecule has 2 N–H and O–H groups in total. The first-order valence-corrected chi connectivity index (χ1v) is 7.23. The number of nitrogens with one attached hydrogen (secondary N) is 1. The van der Waals surface area contributed by atoms with E-state index < -0.39 is 11.9 Å². The van der Waals surface area contributed by atoms with Crippen LogP contribution in [0.2, 0.25) is 0 Å². The van der Waals surface area contributed by atoms with Gasteiger partial charge >= 0.3 is 0 Å². The van der Waals surface area contributed by atoms with E-state index in [0.29, 0.717) is 11.3 Å². The molecule has 0 fully saturated rings. The van der Waals surface area contributed by atoms with Crippen molar-refractivity contribution in [3.8, 4) is 6.07 Å². The first-order chi connectivity index (χ1) is 11.1. The van der Waals surface area contributed by atoms with E-state index in [2.05, 4.69) is 10.3 Å². The van der Waals surface area contributed by atoms with E-state index in [1.165, 1.54) is 0 Å². The lowest BCUT2D eigenvalue weighted by Crippen LogP contribution is -2.30. The number of aliphatic hydroxyl groups excluding tert-OH is 1. The van der Waals surface area contributed by atoms with Crippen LogP contribution in [0.4, 0.5) is 5.69 Å². The van der Waals surface area contributed by atoms with Gasteiger partial charge in [0.15, 0.2) is 0 Å². The van der Waals surface area contributed by atoms with Crippen molar-refractivity contribution >= 4 is 17.8 Å². The SMILES string of the molecule is CC1=CC(C(=O)Nc2ccc(C#N)cc2)=C(O)C2N=CC=CC12. The fourth-order valence-electron chi connectivity index (χ4n) is 2.72. The van der Waals surface area contributed by atoms with Gasteiger partial charge in [-0.2, -0.15) is 5.26 Å². The molecule has 2 aliphatic rings. The Morgan fingerprint density at radius 3 is 2.78 bits per heavy atom. The van der Waals surface area contributed by atoms with Crippen molar-refractivity contribution < 1.29 is 9.90 Å². The Morgan fingerprint density at radius 2 is 2.09 bits per heavy atom. The smallest absolute Gasteiger partial charge is 0.259 e. The van der Waals surface area contributed by atoms with Gasteiger partial charge in [0.1, 0.15) is 11.8 Å². The normalized spacial score (nSPS) is 22.2. The van der Waals surface area contributed by atoms with E-state index in [1.807, 2.05) is 25.1 Å². The zero-order valence-corrected chi connectivity index (χ0v) is 12.5. The maximum absolute atomic E-state index is 12.4. The number of carbonyl (C=O) groups excluding carboxylic acids is 1. The summed E-state index contributed by atoms with van der Waals surface area (Å²) in [5.74, 6) is -0.423. The number of nitriles is 1. The molecule has 2 atom stereocenters. The number of carbonyl (C=O) groups is 1. The quantitative estimate of drug-likeness (QED) is 0.881. The Kier molecular flexibility index (Phi) is 3.82. The Morgan fingerprint density at radius 1 is 1.35 bits per heavy atom. The molecule has 0 saturated carbocycles. The zero-order chi connectivity index (χ0) is 16.4. The first-order valence-electron chi connectivity index (χ1n) is 7.23. The van der Waals surface area contributed by atoms with Crippen molar-refractivity contribution in [2.45, 2.75) is 13.0 Å². The molecule has 3 rings (SSSR count). The predicted molar refractivity (Wildman–Crippen MR) is 88.1 cm³/mol. The predicted octanol–water partition coefficient (Wildman–Crippen LogP) is 2.89. The Labute approximate surface area is 134 Å². The van der Waals surface area contributed by atoms with Crippen LogP contribution in [0.15, 0.2) is 64.4 Å². The number of hydrogen-bond donors (Lipinski definition) is 2. The third kappa shape index (κ3) is 2.79. The van der Waals surface area contributed by atoms with Crippen molar-refractivity contribution in [1.82, 2.24) is 0 Å². The maximum Gasteiger partial charge on any atom is 0.259 e. The third-order valence-electron chi connectivity index (χ3n) is 3.96. The summed E-state index contributed by atoms with van der Waals surface area (Å²) in [5, 5.41) is 21.9. The second kappa shape index (κ2) is 5.93. The summed E-state index contributed by atoms with van der Waals surface area (Å²) in [6, 6.07) is 8.13. The number of allylic oxidation sites excluding steroid dienone is 1. The molecule has 0 radical (unpaired) electrons. The van der Waals surface area contributed by atoms with Crippen LogP contribution in [0, 0.1) is 17.2 Å².